The number of ketones is 1. The molecule has 3 nitrogen and oxygen atoms in total. The molecular weight excluding hydrogens is 352 g/mol. The van der Waals surface area contributed by atoms with Crippen molar-refractivity contribution in [2.75, 3.05) is 19.0 Å². The Morgan fingerprint density at radius 1 is 1.19 bits per heavy atom. The molecule has 142 valence electrons. The molecule has 0 N–H and O–H groups in total. The van der Waals surface area contributed by atoms with E-state index in [2.05, 4.69) is 64.0 Å². The highest BCUT2D eigenvalue weighted by Crippen LogP contribution is 2.56. The van der Waals surface area contributed by atoms with Crippen LogP contribution < -0.4 is 4.90 Å². The molecule has 4 rings (SSSR count). The second kappa shape index (κ2) is 6.30. The molecule has 1 atom stereocenters. The van der Waals surface area contributed by atoms with E-state index in [0.29, 0.717) is 12.2 Å². The van der Waals surface area contributed by atoms with E-state index >= 15 is 0 Å². The Balaban J connectivity index is 2.07. The van der Waals surface area contributed by atoms with Gasteiger partial charge in [-0.3, -0.25) is 4.79 Å². The summed E-state index contributed by atoms with van der Waals surface area (Å²) in [6.07, 6.45) is 3.32. The highest BCUT2D eigenvalue weighted by atomic mass is 32.1. The first kappa shape index (κ1) is 18.4. The average Bonchev–Trinajstić information content (AvgIpc) is 3.07. The first-order valence-corrected chi connectivity index (χ1v) is 10.6. The van der Waals surface area contributed by atoms with Crippen LogP contribution in [0, 0.1) is 5.41 Å². The quantitative estimate of drug-likeness (QED) is 0.738. The summed E-state index contributed by atoms with van der Waals surface area (Å²) in [5.74, 6) is 0.329. The van der Waals surface area contributed by atoms with Crippen LogP contribution in [-0.2, 0) is 16.6 Å². The maximum Gasteiger partial charge on any atom is 0.160 e. The highest BCUT2D eigenvalue weighted by molar-refractivity contribution is 7.10. The van der Waals surface area contributed by atoms with Crippen LogP contribution in [0.2, 0.25) is 0 Å². The molecule has 0 saturated carbocycles. The molecule has 0 fully saturated rings. The molecule has 0 radical (unpaired) electrons. The number of benzene rings is 1. The fourth-order valence-electron chi connectivity index (χ4n) is 5.21. The lowest BCUT2D eigenvalue weighted by Crippen LogP contribution is -2.42. The van der Waals surface area contributed by atoms with Crippen LogP contribution in [0.25, 0.3) is 0 Å². The summed E-state index contributed by atoms with van der Waals surface area (Å²) in [6, 6.07) is 8.57. The SMILES string of the molecule is CCC1(c2ccccc2N(C)C)C2=C(Cc3ncsc31)CC(C)(C)CC2=O. The van der Waals surface area contributed by atoms with Crippen molar-refractivity contribution in [3.8, 4) is 0 Å². The van der Waals surface area contributed by atoms with Crippen molar-refractivity contribution in [2.24, 2.45) is 5.41 Å². The third kappa shape index (κ3) is 2.68. The molecule has 0 spiro atoms. The molecule has 0 bridgehead atoms. The van der Waals surface area contributed by atoms with Crippen LogP contribution in [0.1, 0.15) is 56.2 Å². The number of rotatable bonds is 3. The topological polar surface area (TPSA) is 33.2 Å². The van der Waals surface area contributed by atoms with Gasteiger partial charge in [-0.15, -0.1) is 11.3 Å². The normalized spacial score (nSPS) is 23.8. The Morgan fingerprint density at radius 2 is 1.93 bits per heavy atom. The molecule has 1 heterocycles. The van der Waals surface area contributed by atoms with Gasteiger partial charge in [0.05, 0.1) is 16.6 Å². The number of anilines is 1. The third-order valence-corrected chi connectivity index (χ3v) is 7.21. The lowest BCUT2D eigenvalue weighted by Gasteiger charge is -2.45. The number of carbonyl (C=O) groups is 1. The number of fused-ring (bicyclic) bond motifs is 1. The second-order valence-electron chi connectivity index (χ2n) is 8.89. The molecule has 2 aliphatic rings. The minimum absolute atomic E-state index is 0.0317. The van der Waals surface area contributed by atoms with Gasteiger partial charge < -0.3 is 4.90 Å². The Morgan fingerprint density at radius 3 is 2.63 bits per heavy atom. The lowest BCUT2D eigenvalue weighted by molar-refractivity contribution is -0.118. The number of Topliss-reactive ketones (excluding diaryl/α,β-unsaturated/α-hetero) is 1. The summed E-state index contributed by atoms with van der Waals surface area (Å²) in [5, 5.41) is 0. The third-order valence-electron chi connectivity index (χ3n) is 6.18. The van der Waals surface area contributed by atoms with Gasteiger partial charge in [-0.1, -0.05) is 44.5 Å². The predicted octanol–water partition coefficient (Wildman–Crippen LogP) is 5.15. The van der Waals surface area contributed by atoms with Crippen molar-refractivity contribution in [3.63, 3.8) is 0 Å². The summed E-state index contributed by atoms with van der Waals surface area (Å²) in [5.41, 5.74) is 7.58. The van der Waals surface area contributed by atoms with Crippen LogP contribution >= 0.6 is 11.3 Å². The zero-order valence-electron chi connectivity index (χ0n) is 16.9. The zero-order valence-corrected chi connectivity index (χ0v) is 17.7. The molecule has 2 aromatic rings. The van der Waals surface area contributed by atoms with E-state index < -0.39 is 0 Å². The standard InChI is InChI=1S/C23H28N2OS/c1-6-23(16-9-7-8-10-18(16)25(4)5)20-15(11-17-21(23)27-14-24-17)12-22(2,3)13-19(20)26/h7-10,14H,6,11-13H2,1-5H3. The van der Waals surface area contributed by atoms with Gasteiger partial charge in [-0.25, -0.2) is 4.98 Å². The molecule has 1 unspecified atom stereocenters. The smallest absolute Gasteiger partial charge is 0.160 e. The molecule has 0 amide bonds. The number of carbonyl (C=O) groups excluding carboxylic acids is 1. The first-order valence-electron chi connectivity index (χ1n) is 9.75. The van der Waals surface area contributed by atoms with E-state index in [1.165, 1.54) is 27.4 Å². The van der Waals surface area contributed by atoms with Crippen molar-refractivity contribution in [1.29, 1.82) is 0 Å². The second-order valence-corrected chi connectivity index (χ2v) is 9.75. The van der Waals surface area contributed by atoms with Crippen LogP contribution in [0.4, 0.5) is 5.69 Å². The van der Waals surface area contributed by atoms with E-state index in [0.717, 1.165) is 24.8 Å². The monoisotopic (exact) mass is 380 g/mol. The minimum atomic E-state index is -0.376. The number of nitrogens with zero attached hydrogens (tertiary/aromatic N) is 2. The number of thiazole rings is 1. The largest absolute Gasteiger partial charge is 0.377 e. The molecule has 27 heavy (non-hydrogen) atoms. The van der Waals surface area contributed by atoms with E-state index in [-0.39, 0.29) is 10.8 Å². The molecule has 0 aliphatic heterocycles. The summed E-state index contributed by atoms with van der Waals surface area (Å²) in [4.78, 5) is 21.7. The molecule has 1 aromatic carbocycles. The number of allylic oxidation sites excluding steroid dienone is 2. The van der Waals surface area contributed by atoms with Crippen LogP contribution in [0.15, 0.2) is 40.9 Å². The van der Waals surface area contributed by atoms with Gasteiger partial charge in [0.2, 0.25) is 0 Å². The van der Waals surface area contributed by atoms with Gasteiger partial charge in [0, 0.05) is 43.1 Å². The first-order chi connectivity index (χ1) is 12.8. The maximum absolute atomic E-state index is 13.5. The molecular formula is C23H28N2OS. The minimum Gasteiger partial charge on any atom is -0.377 e. The number of aromatic nitrogens is 1. The van der Waals surface area contributed by atoms with Crippen LogP contribution in [-0.4, -0.2) is 24.9 Å². The summed E-state index contributed by atoms with van der Waals surface area (Å²) < 4.78 is 0. The maximum atomic E-state index is 13.5. The lowest BCUT2D eigenvalue weighted by atomic mass is 9.58. The van der Waals surface area contributed by atoms with E-state index in [4.69, 9.17) is 4.98 Å². The average molecular weight is 381 g/mol. The Labute approximate surface area is 166 Å². The van der Waals surface area contributed by atoms with Crippen LogP contribution in [0.3, 0.4) is 0 Å². The van der Waals surface area contributed by atoms with Gasteiger partial charge in [-0.05, 0) is 29.9 Å². The molecule has 0 saturated heterocycles. The fourth-order valence-corrected chi connectivity index (χ4v) is 6.31. The van der Waals surface area contributed by atoms with Crippen LogP contribution in [0.5, 0.6) is 0 Å². The van der Waals surface area contributed by atoms with Gasteiger partial charge in [0.15, 0.2) is 5.78 Å². The number of hydrogen-bond acceptors (Lipinski definition) is 4. The molecule has 2 aliphatic carbocycles. The van der Waals surface area contributed by atoms with Gasteiger partial charge >= 0.3 is 0 Å². The van der Waals surface area contributed by atoms with E-state index in [9.17, 15) is 4.79 Å². The summed E-state index contributed by atoms with van der Waals surface area (Å²) in [7, 11) is 4.17. The molecule has 1 aromatic heterocycles. The van der Waals surface area contributed by atoms with Crippen molar-refractivity contribution in [1.82, 2.24) is 4.98 Å². The Hall–Kier alpha value is -1.94. The van der Waals surface area contributed by atoms with Crippen molar-refractivity contribution in [3.05, 3.63) is 57.1 Å². The van der Waals surface area contributed by atoms with Gasteiger partial charge in [0.25, 0.3) is 0 Å². The number of hydrogen-bond donors (Lipinski definition) is 0. The van der Waals surface area contributed by atoms with Crippen molar-refractivity contribution >= 4 is 22.8 Å². The van der Waals surface area contributed by atoms with E-state index in [1.807, 2.05) is 5.51 Å². The Kier molecular flexibility index (Phi) is 4.30. The Bertz CT molecular complexity index is 937. The summed E-state index contributed by atoms with van der Waals surface area (Å²) >= 11 is 1.71. The van der Waals surface area contributed by atoms with Crippen molar-refractivity contribution in [2.45, 2.75) is 51.9 Å². The predicted molar refractivity (Wildman–Crippen MR) is 113 cm³/mol. The van der Waals surface area contributed by atoms with E-state index in [1.54, 1.807) is 11.3 Å². The summed E-state index contributed by atoms with van der Waals surface area (Å²) in [6.45, 7) is 6.65. The van der Waals surface area contributed by atoms with Gasteiger partial charge in [-0.2, -0.15) is 0 Å². The van der Waals surface area contributed by atoms with Gasteiger partial charge in [0.1, 0.15) is 0 Å². The fraction of sp³-hybridized carbons (Fsp3) is 0.478. The molecule has 4 heteroatoms. The zero-order chi connectivity index (χ0) is 19.4. The number of para-hydroxylation sites is 1. The highest BCUT2D eigenvalue weighted by Gasteiger charge is 2.50. The van der Waals surface area contributed by atoms with Crippen molar-refractivity contribution < 1.29 is 4.79 Å².